The van der Waals surface area contributed by atoms with Crippen molar-refractivity contribution in [3.8, 4) is 0 Å². The lowest BCUT2D eigenvalue weighted by Crippen LogP contribution is -2.27. The van der Waals surface area contributed by atoms with E-state index in [1.165, 1.54) is 5.12 Å². The molecule has 5 nitrogen and oxygen atoms in total. The maximum Gasteiger partial charge on any atom is 0.241 e. The van der Waals surface area contributed by atoms with Gasteiger partial charge < -0.3 is 0 Å². The molecule has 2 rings (SSSR count). The molecule has 0 atom stereocenters. The summed E-state index contributed by atoms with van der Waals surface area (Å²) in [6.07, 6.45) is 0.479. The van der Waals surface area contributed by atoms with Crippen LogP contribution in [0.15, 0.2) is 34.6 Å². The molecule has 0 aromatic heterocycles. The molecule has 15 heavy (non-hydrogen) atoms. The summed E-state index contributed by atoms with van der Waals surface area (Å²) in [4.78, 5) is 10.9. The van der Waals surface area contributed by atoms with Crippen molar-refractivity contribution < 1.29 is 4.79 Å². The highest BCUT2D eigenvalue weighted by Gasteiger charge is 2.16. The third-order valence-electron chi connectivity index (χ3n) is 2.07. The smallest absolute Gasteiger partial charge is 0.241 e. The van der Waals surface area contributed by atoms with E-state index in [2.05, 4.69) is 15.8 Å². The quantitative estimate of drug-likeness (QED) is 0.746. The molecule has 0 bridgehead atoms. The van der Waals surface area contributed by atoms with Crippen molar-refractivity contribution in [1.82, 2.24) is 10.5 Å². The first-order valence-corrected chi connectivity index (χ1v) is 4.79. The van der Waals surface area contributed by atoms with Crippen molar-refractivity contribution in [2.24, 2.45) is 10.3 Å². The van der Waals surface area contributed by atoms with Crippen LogP contribution in [0.5, 0.6) is 0 Å². The fourth-order valence-corrected chi connectivity index (χ4v) is 1.33. The molecule has 0 radical (unpaired) electrons. The lowest BCUT2D eigenvalue weighted by atomic mass is 10.2. The Morgan fingerprint density at radius 3 is 3.00 bits per heavy atom. The largest absolute Gasteiger partial charge is 0.273 e. The van der Waals surface area contributed by atoms with E-state index in [-0.39, 0.29) is 5.91 Å². The van der Waals surface area contributed by atoms with Crippen LogP contribution in [-0.4, -0.2) is 17.6 Å². The van der Waals surface area contributed by atoms with Crippen molar-refractivity contribution in [3.05, 3.63) is 29.8 Å². The Hall–Kier alpha value is -1.91. The standard InChI is InChI=1S/C10H12N4O/c1-8-3-2-4-9(7-8)11-13-14-6-5-10(15)12-14/h2-4,7H,5-6H2,1H3,(H,12,15). The summed E-state index contributed by atoms with van der Waals surface area (Å²) in [5.41, 5.74) is 4.50. The average molecular weight is 204 g/mol. The van der Waals surface area contributed by atoms with Crippen LogP contribution in [0.3, 0.4) is 0 Å². The molecular weight excluding hydrogens is 192 g/mol. The predicted molar refractivity (Wildman–Crippen MR) is 55.2 cm³/mol. The van der Waals surface area contributed by atoms with Crippen LogP contribution in [0, 0.1) is 6.92 Å². The topological polar surface area (TPSA) is 57.1 Å². The summed E-state index contributed by atoms with van der Waals surface area (Å²) in [5.74, 6) is -0.0156. The zero-order valence-corrected chi connectivity index (χ0v) is 8.47. The Morgan fingerprint density at radius 1 is 1.47 bits per heavy atom. The highest BCUT2D eigenvalue weighted by atomic mass is 16.2. The number of hydrazine groups is 1. The fraction of sp³-hybridized carbons (Fsp3) is 0.300. The number of nitrogens with one attached hydrogen (secondary N) is 1. The minimum atomic E-state index is -0.0156. The average Bonchev–Trinajstić information content (AvgIpc) is 2.62. The molecule has 5 heteroatoms. The van der Waals surface area contributed by atoms with Gasteiger partial charge in [0.15, 0.2) is 0 Å². The molecule has 0 aliphatic carbocycles. The summed E-state index contributed by atoms with van der Waals surface area (Å²) in [6, 6.07) is 7.72. The second-order valence-electron chi connectivity index (χ2n) is 3.44. The molecule has 78 valence electrons. The van der Waals surface area contributed by atoms with Crippen molar-refractivity contribution in [2.45, 2.75) is 13.3 Å². The maximum atomic E-state index is 10.9. The van der Waals surface area contributed by atoms with Crippen LogP contribution < -0.4 is 5.43 Å². The molecule has 1 aromatic rings. The number of hydrogen-bond donors (Lipinski definition) is 1. The van der Waals surface area contributed by atoms with Crippen LogP contribution in [0.1, 0.15) is 12.0 Å². The fourth-order valence-electron chi connectivity index (χ4n) is 1.33. The lowest BCUT2D eigenvalue weighted by Gasteiger charge is -2.06. The molecule has 0 saturated carbocycles. The molecule has 0 unspecified atom stereocenters. The molecular formula is C10H12N4O. The number of carbonyl (C=O) groups excluding carboxylic acids is 1. The van der Waals surface area contributed by atoms with Gasteiger partial charge in [0.25, 0.3) is 0 Å². The van der Waals surface area contributed by atoms with E-state index in [1.54, 1.807) is 0 Å². The van der Waals surface area contributed by atoms with E-state index in [0.29, 0.717) is 13.0 Å². The molecule has 1 saturated heterocycles. The molecule has 1 amide bonds. The third kappa shape index (κ3) is 2.52. The van der Waals surface area contributed by atoms with Gasteiger partial charge in [-0.2, -0.15) is 5.12 Å². The number of hydrogen-bond acceptors (Lipinski definition) is 3. The SMILES string of the molecule is Cc1cccc(N=NN2CCC(=O)N2)c1. The number of carbonyl (C=O) groups is 1. The number of aryl methyl sites for hydroxylation is 1. The van der Waals surface area contributed by atoms with Gasteiger partial charge in [0.05, 0.1) is 12.2 Å². The Balaban J connectivity index is 2.02. The Bertz CT molecular complexity index is 402. The summed E-state index contributed by atoms with van der Waals surface area (Å²) in [6.45, 7) is 2.57. The van der Waals surface area contributed by atoms with Crippen LogP contribution in [0.4, 0.5) is 5.69 Å². The Kier molecular flexibility index (Phi) is 2.62. The van der Waals surface area contributed by atoms with Gasteiger partial charge >= 0.3 is 0 Å². The zero-order chi connectivity index (χ0) is 10.7. The van der Waals surface area contributed by atoms with Gasteiger partial charge in [0.1, 0.15) is 0 Å². The minimum Gasteiger partial charge on any atom is -0.273 e. The minimum absolute atomic E-state index is 0.0156. The number of rotatable bonds is 2. The van der Waals surface area contributed by atoms with Gasteiger partial charge in [0, 0.05) is 6.42 Å². The van der Waals surface area contributed by atoms with E-state index in [0.717, 1.165) is 11.3 Å². The van der Waals surface area contributed by atoms with Crippen LogP contribution in [0.2, 0.25) is 0 Å². The van der Waals surface area contributed by atoms with E-state index in [4.69, 9.17) is 0 Å². The van der Waals surface area contributed by atoms with Gasteiger partial charge in [0.2, 0.25) is 5.91 Å². The number of benzene rings is 1. The van der Waals surface area contributed by atoms with Gasteiger partial charge in [-0.15, -0.1) is 5.11 Å². The van der Waals surface area contributed by atoms with Crippen LogP contribution >= 0.6 is 0 Å². The van der Waals surface area contributed by atoms with Crippen molar-refractivity contribution in [1.29, 1.82) is 0 Å². The number of amides is 1. The van der Waals surface area contributed by atoms with Gasteiger partial charge in [-0.1, -0.05) is 17.4 Å². The molecule has 1 aliphatic rings. The van der Waals surface area contributed by atoms with Crippen molar-refractivity contribution in [2.75, 3.05) is 6.54 Å². The first-order chi connectivity index (χ1) is 7.24. The molecule has 1 fully saturated rings. The van der Waals surface area contributed by atoms with Gasteiger partial charge in [-0.05, 0) is 24.6 Å². The molecule has 1 aliphatic heterocycles. The van der Waals surface area contributed by atoms with E-state index in [1.807, 2.05) is 31.2 Å². The van der Waals surface area contributed by atoms with Crippen LogP contribution in [0.25, 0.3) is 0 Å². The van der Waals surface area contributed by atoms with E-state index >= 15 is 0 Å². The lowest BCUT2D eigenvalue weighted by molar-refractivity contribution is -0.121. The second kappa shape index (κ2) is 4.08. The Labute approximate surface area is 87.7 Å². The molecule has 1 aromatic carbocycles. The predicted octanol–water partition coefficient (Wildman–Crippen LogP) is 1.73. The maximum absolute atomic E-state index is 10.9. The summed E-state index contributed by atoms with van der Waals surface area (Å²) in [7, 11) is 0. The monoisotopic (exact) mass is 204 g/mol. The third-order valence-corrected chi connectivity index (χ3v) is 2.07. The highest BCUT2D eigenvalue weighted by molar-refractivity contribution is 5.77. The second-order valence-corrected chi connectivity index (χ2v) is 3.44. The summed E-state index contributed by atoms with van der Waals surface area (Å²) < 4.78 is 0. The normalized spacial score (nSPS) is 16.1. The van der Waals surface area contributed by atoms with Gasteiger partial charge in [-0.25, -0.2) is 5.43 Å². The zero-order valence-electron chi connectivity index (χ0n) is 8.47. The van der Waals surface area contributed by atoms with Crippen LogP contribution in [-0.2, 0) is 4.79 Å². The highest BCUT2D eigenvalue weighted by Crippen LogP contribution is 2.14. The van der Waals surface area contributed by atoms with E-state index < -0.39 is 0 Å². The van der Waals surface area contributed by atoms with Crippen molar-refractivity contribution >= 4 is 11.6 Å². The summed E-state index contributed by atoms with van der Waals surface area (Å²) >= 11 is 0. The Morgan fingerprint density at radius 2 is 2.33 bits per heavy atom. The number of nitrogens with zero attached hydrogens (tertiary/aromatic N) is 3. The first kappa shape index (κ1) is 9.64. The first-order valence-electron chi connectivity index (χ1n) is 4.79. The van der Waals surface area contributed by atoms with E-state index in [9.17, 15) is 4.79 Å². The summed E-state index contributed by atoms with van der Waals surface area (Å²) in [5, 5.41) is 9.38. The molecule has 1 heterocycles. The molecule has 0 spiro atoms. The molecule has 1 N–H and O–H groups in total. The van der Waals surface area contributed by atoms with Crippen molar-refractivity contribution in [3.63, 3.8) is 0 Å². The van der Waals surface area contributed by atoms with Gasteiger partial charge in [-0.3, -0.25) is 4.79 Å².